The van der Waals surface area contributed by atoms with Gasteiger partial charge in [-0.2, -0.15) is 0 Å². The van der Waals surface area contributed by atoms with Gasteiger partial charge in [0.1, 0.15) is 16.4 Å². The van der Waals surface area contributed by atoms with Crippen LogP contribution < -0.4 is 9.64 Å². The van der Waals surface area contributed by atoms with Crippen molar-refractivity contribution in [2.75, 3.05) is 18.6 Å². The highest BCUT2D eigenvalue weighted by Gasteiger charge is 2.48. The number of carbonyl (C=O) groups excluding carboxylic acids is 3. The molecule has 0 spiro atoms. The molecule has 1 amide bonds. The zero-order chi connectivity index (χ0) is 26.1. The molecular weight excluding hydrogens is 548 g/mol. The summed E-state index contributed by atoms with van der Waals surface area (Å²) in [7, 11) is 1.54. The van der Waals surface area contributed by atoms with Crippen molar-refractivity contribution in [1.29, 1.82) is 0 Å². The van der Waals surface area contributed by atoms with Gasteiger partial charge < -0.3 is 14.6 Å². The first kappa shape index (κ1) is 25.6. The fourth-order valence-electron chi connectivity index (χ4n) is 4.04. The molecule has 0 radical (unpaired) electrons. The number of rotatable bonds is 6. The molecule has 1 fully saturated rings. The van der Waals surface area contributed by atoms with Gasteiger partial charge in [-0.05, 0) is 62.2 Å². The summed E-state index contributed by atoms with van der Waals surface area (Å²) in [5, 5.41) is 11.5. The van der Waals surface area contributed by atoms with Gasteiger partial charge in [-0.25, -0.2) is 9.78 Å². The van der Waals surface area contributed by atoms with Crippen molar-refractivity contribution in [2.24, 2.45) is 0 Å². The van der Waals surface area contributed by atoms with Crippen LogP contribution >= 0.6 is 27.3 Å². The zero-order valence-corrected chi connectivity index (χ0v) is 22.4. The normalized spacial score (nSPS) is 16.9. The molecule has 1 aliphatic rings. The van der Waals surface area contributed by atoms with E-state index >= 15 is 0 Å². The summed E-state index contributed by atoms with van der Waals surface area (Å²) in [6.07, 6.45) is 0. The maximum Gasteiger partial charge on any atom is 0.350 e. The van der Waals surface area contributed by atoms with Gasteiger partial charge in [-0.3, -0.25) is 14.5 Å². The maximum absolute atomic E-state index is 13.3. The highest BCUT2D eigenvalue weighted by Crippen LogP contribution is 2.44. The van der Waals surface area contributed by atoms with E-state index in [0.717, 1.165) is 21.4 Å². The molecule has 0 unspecified atom stereocenters. The number of esters is 1. The van der Waals surface area contributed by atoms with Crippen LogP contribution in [0.25, 0.3) is 5.76 Å². The largest absolute Gasteiger partial charge is 0.507 e. The third-order valence-corrected chi connectivity index (χ3v) is 7.42. The average molecular weight is 571 g/mol. The number of aliphatic hydroxyl groups excluding tert-OH is 1. The van der Waals surface area contributed by atoms with E-state index in [2.05, 4.69) is 20.9 Å². The Labute approximate surface area is 220 Å². The number of anilines is 1. The summed E-state index contributed by atoms with van der Waals surface area (Å²) in [6.45, 7) is 5.34. The monoisotopic (exact) mass is 570 g/mol. The Morgan fingerprint density at radius 3 is 2.47 bits per heavy atom. The quantitative estimate of drug-likeness (QED) is 0.184. The molecule has 0 saturated carbocycles. The maximum atomic E-state index is 13.3. The van der Waals surface area contributed by atoms with Gasteiger partial charge in [0.15, 0.2) is 5.13 Å². The fraction of sp³-hybridized carbons (Fsp3) is 0.231. The van der Waals surface area contributed by atoms with Crippen LogP contribution in [0.4, 0.5) is 5.13 Å². The van der Waals surface area contributed by atoms with Crippen LogP contribution in [0.3, 0.4) is 0 Å². The molecule has 1 N–H and O–H groups in total. The van der Waals surface area contributed by atoms with Crippen LogP contribution in [-0.2, 0) is 14.3 Å². The van der Waals surface area contributed by atoms with Crippen molar-refractivity contribution in [2.45, 2.75) is 26.8 Å². The van der Waals surface area contributed by atoms with E-state index in [4.69, 9.17) is 9.47 Å². The SMILES string of the molecule is CCOC(=O)c1sc(N2C(=O)C(=O)/C(=C(/O)c3ccc(OC)c(C)c3)[C@H]2c2ccc(Br)cc2)nc1C. The standard InChI is InChI=1S/C26H23BrN2O6S/c1-5-35-25(33)23-14(3)28-26(36-23)29-20(15-6-9-17(27)10-7-15)19(22(31)24(29)32)21(30)16-8-11-18(34-4)13(2)12-16/h6-12,20,30H,5H2,1-4H3/b21-19+/t20-/m1/s1. The van der Waals surface area contributed by atoms with Crippen molar-refractivity contribution in [3.05, 3.63) is 79.8 Å². The molecule has 186 valence electrons. The second-order valence-electron chi connectivity index (χ2n) is 8.04. The van der Waals surface area contributed by atoms with Gasteiger partial charge in [0.25, 0.3) is 5.78 Å². The summed E-state index contributed by atoms with van der Waals surface area (Å²) >= 11 is 4.37. The van der Waals surface area contributed by atoms with E-state index in [-0.39, 0.29) is 27.9 Å². The molecule has 10 heteroatoms. The molecule has 1 atom stereocenters. The number of Topliss-reactive ketones (excluding diaryl/α,β-unsaturated/α-hetero) is 1. The van der Waals surface area contributed by atoms with Crippen LogP contribution in [0, 0.1) is 13.8 Å². The molecule has 0 aliphatic carbocycles. The zero-order valence-electron chi connectivity index (χ0n) is 20.0. The van der Waals surface area contributed by atoms with Gasteiger partial charge in [-0.15, -0.1) is 0 Å². The number of nitrogens with zero attached hydrogens (tertiary/aromatic N) is 2. The van der Waals surface area contributed by atoms with Crippen molar-refractivity contribution in [3.8, 4) is 5.75 Å². The van der Waals surface area contributed by atoms with E-state index in [9.17, 15) is 19.5 Å². The minimum absolute atomic E-state index is 0.0718. The first-order valence-corrected chi connectivity index (χ1v) is 12.6. The number of aromatic nitrogens is 1. The Morgan fingerprint density at radius 2 is 1.86 bits per heavy atom. The molecule has 1 saturated heterocycles. The summed E-state index contributed by atoms with van der Waals surface area (Å²) in [6, 6.07) is 11.1. The second kappa shape index (κ2) is 10.2. The summed E-state index contributed by atoms with van der Waals surface area (Å²) in [5.41, 5.74) is 2.03. The van der Waals surface area contributed by atoms with E-state index in [1.54, 1.807) is 63.4 Å². The van der Waals surface area contributed by atoms with Gasteiger partial charge in [-0.1, -0.05) is 39.4 Å². The number of aryl methyl sites for hydroxylation is 2. The number of hydrogen-bond donors (Lipinski definition) is 1. The minimum Gasteiger partial charge on any atom is -0.507 e. The fourth-order valence-corrected chi connectivity index (χ4v) is 5.29. The van der Waals surface area contributed by atoms with E-state index in [0.29, 0.717) is 22.6 Å². The van der Waals surface area contributed by atoms with Crippen LogP contribution in [0.5, 0.6) is 5.75 Å². The predicted octanol–water partition coefficient (Wildman–Crippen LogP) is 5.33. The molecule has 1 aliphatic heterocycles. The third kappa shape index (κ3) is 4.54. The van der Waals surface area contributed by atoms with Gasteiger partial charge in [0.2, 0.25) is 0 Å². The van der Waals surface area contributed by atoms with E-state index in [1.165, 1.54) is 4.90 Å². The van der Waals surface area contributed by atoms with Gasteiger partial charge in [0.05, 0.1) is 31.0 Å². The number of amides is 1. The van der Waals surface area contributed by atoms with E-state index < -0.39 is 23.7 Å². The van der Waals surface area contributed by atoms with Crippen LogP contribution in [-0.4, -0.2) is 41.5 Å². The van der Waals surface area contributed by atoms with Crippen LogP contribution in [0.15, 0.2) is 52.5 Å². The molecule has 8 nitrogen and oxygen atoms in total. The summed E-state index contributed by atoms with van der Waals surface area (Å²) in [5.74, 6) is -1.93. The lowest BCUT2D eigenvalue weighted by Gasteiger charge is -2.23. The van der Waals surface area contributed by atoms with Crippen molar-refractivity contribution in [1.82, 2.24) is 4.98 Å². The Kier molecular flexibility index (Phi) is 7.28. The summed E-state index contributed by atoms with van der Waals surface area (Å²) in [4.78, 5) is 44.9. The molecule has 4 rings (SSSR count). The number of ether oxygens (including phenoxy) is 2. The summed E-state index contributed by atoms with van der Waals surface area (Å²) < 4.78 is 11.2. The van der Waals surface area contributed by atoms with Crippen molar-refractivity contribution < 1.29 is 29.0 Å². The molecule has 3 aromatic rings. The van der Waals surface area contributed by atoms with E-state index in [1.807, 2.05) is 6.92 Å². The number of methoxy groups -OCH3 is 1. The Balaban J connectivity index is 1.91. The highest BCUT2D eigenvalue weighted by atomic mass is 79.9. The number of benzene rings is 2. The van der Waals surface area contributed by atoms with Gasteiger partial charge in [0, 0.05) is 10.0 Å². The van der Waals surface area contributed by atoms with Crippen molar-refractivity contribution >= 4 is 55.8 Å². The lowest BCUT2D eigenvalue weighted by molar-refractivity contribution is -0.132. The lowest BCUT2D eigenvalue weighted by atomic mass is 9.95. The third-order valence-electron chi connectivity index (χ3n) is 5.75. The Hall–Kier alpha value is -3.50. The number of hydrogen-bond acceptors (Lipinski definition) is 8. The first-order valence-electron chi connectivity index (χ1n) is 11.0. The minimum atomic E-state index is -0.957. The first-order chi connectivity index (χ1) is 17.2. The molecule has 2 aromatic carbocycles. The number of halogens is 1. The number of aliphatic hydroxyl groups is 1. The number of ketones is 1. The Morgan fingerprint density at radius 1 is 1.17 bits per heavy atom. The molecule has 0 bridgehead atoms. The number of carbonyl (C=O) groups is 3. The molecule has 1 aromatic heterocycles. The highest BCUT2D eigenvalue weighted by molar-refractivity contribution is 9.10. The Bertz CT molecular complexity index is 1400. The van der Waals surface area contributed by atoms with Crippen LogP contribution in [0.2, 0.25) is 0 Å². The predicted molar refractivity (Wildman–Crippen MR) is 139 cm³/mol. The molecule has 2 heterocycles. The molecular formula is C26H23BrN2O6S. The van der Waals surface area contributed by atoms with Crippen molar-refractivity contribution in [3.63, 3.8) is 0 Å². The average Bonchev–Trinajstić information content (AvgIpc) is 3.36. The lowest BCUT2D eigenvalue weighted by Crippen LogP contribution is -2.29. The topological polar surface area (TPSA) is 106 Å². The second-order valence-corrected chi connectivity index (χ2v) is 9.93. The smallest absolute Gasteiger partial charge is 0.350 e. The number of thiazole rings is 1. The van der Waals surface area contributed by atoms with Crippen LogP contribution in [0.1, 0.15) is 45.0 Å². The van der Waals surface area contributed by atoms with Gasteiger partial charge >= 0.3 is 11.9 Å². The molecule has 36 heavy (non-hydrogen) atoms.